The second-order valence-electron chi connectivity index (χ2n) is 7.53. The van der Waals surface area contributed by atoms with Crippen LogP contribution >= 0.6 is 11.6 Å². The molecule has 2 aromatic rings. The quantitative estimate of drug-likeness (QED) is 0.707. The van der Waals surface area contributed by atoms with Crippen molar-refractivity contribution in [2.75, 3.05) is 43.5 Å². The third-order valence-electron chi connectivity index (χ3n) is 5.05. The fourth-order valence-electron chi connectivity index (χ4n) is 3.29. The number of rotatable bonds is 6. The third-order valence-corrected chi connectivity index (χ3v) is 5.34. The predicted octanol–water partition coefficient (Wildman–Crippen LogP) is 2.63. The molecule has 3 rings (SSSR count). The van der Waals surface area contributed by atoms with E-state index in [2.05, 4.69) is 20.6 Å². The Balaban J connectivity index is 1.57. The lowest BCUT2D eigenvalue weighted by Crippen LogP contribution is -2.56. The zero-order chi connectivity index (χ0) is 22.4. The number of nitrogens with one attached hydrogen (secondary N) is 2. The molecule has 166 valence electrons. The Morgan fingerprint density at radius 3 is 2.39 bits per heavy atom. The Bertz CT molecular complexity index is 903. The van der Waals surface area contributed by atoms with Crippen LogP contribution in [0.2, 0.25) is 5.02 Å². The minimum atomic E-state index is -0.691. The number of halogens is 1. The average molecular weight is 447 g/mol. The zero-order valence-electron chi connectivity index (χ0n) is 17.8. The lowest BCUT2D eigenvalue weighted by atomic mass is 10.0. The normalized spacial score (nSPS) is 14.9. The summed E-state index contributed by atoms with van der Waals surface area (Å²) in [7, 11) is 1.52. The topological polar surface area (TPSA) is 99.7 Å². The zero-order valence-corrected chi connectivity index (χ0v) is 18.6. The molecule has 0 bridgehead atoms. The minimum Gasteiger partial charge on any atom is -0.495 e. The number of piperazine rings is 1. The van der Waals surface area contributed by atoms with Gasteiger partial charge >= 0.3 is 6.03 Å². The summed E-state index contributed by atoms with van der Waals surface area (Å²) in [5.41, 5.74) is 0.534. The van der Waals surface area contributed by atoms with Crippen molar-refractivity contribution in [2.24, 2.45) is 5.92 Å². The molecule has 1 aromatic carbocycles. The molecule has 1 aliphatic heterocycles. The molecule has 0 unspecified atom stereocenters. The van der Waals surface area contributed by atoms with Crippen molar-refractivity contribution in [1.29, 1.82) is 0 Å². The van der Waals surface area contributed by atoms with Gasteiger partial charge in [0.05, 0.1) is 12.1 Å². The van der Waals surface area contributed by atoms with E-state index >= 15 is 0 Å². The first-order valence-corrected chi connectivity index (χ1v) is 10.5. The number of carbonyl (C=O) groups excluding carboxylic acids is 2. The summed E-state index contributed by atoms with van der Waals surface area (Å²) in [5.74, 6) is 0.770. The number of anilines is 2. The number of hydrogen-bond acceptors (Lipinski definition) is 6. The van der Waals surface area contributed by atoms with E-state index in [1.165, 1.54) is 7.11 Å². The van der Waals surface area contributed by atoms with Crippen LogP contribution in [0.3, 0.4) is 0 Å². The first-order chi connectivity index (χ1) is 14.9. The molecule has 0 radical (unpaired) electrons. The van der Waals surface area contributed by atoms with Gasteiger partial charge in [0.25, 0.3) is 0 Å². The smallest absolute Gasteiger partial charge is 0.318 e. The first kappa shape index (κ1) is 22.6. The number of hydrogen-bond donors (Lipinski definition) is 2. The number of carbonyl (C=O) groups is 2. The van der Waals surface area contributed by atoms with Crippen molar-refractivity contribution in [3.8, 4) is 5.75 Å². The molecular formula is C21H27ClN6O3. The van der Waals surface area contributed by atoms with E-state index in [0.29, 0.717) is 48.6 Å². The van der Waals surface area contributed by atoms with E-state index < -0.39 is 6.04 Å². The highest BCUT2D eigenvalue weighted by molar-refractivity contribution is 6.32. The average Bonchev–Trinajstić information content (AvgIpc) is 2.78. The van der Waals surface area contributed by atoms with E-state index in [1.54, 1.807) is 41.6 Å². The molecule has 10 heteroatoms. The second-order valence-corrected chi connectivity index (χ2v) is 7.94. The first-order valence-electron chi connectivity index (χ1n) is 10.1. The highest BCUT2D eigenvalue weighted by Gasteiger charge is 2.28. The SMILES string of the molecule is COc1ccc(NC(=O)[C@@H](NC(=O)N2CCN(c3ncccn3)CC2)C(C)C)cc1Cl. The summed E-state index contributed by atoms with van der Waals surface area (Å²) in [5, 5.41) is 6.08. The molecule has 1 aliphatic rings. The number of urea groups is 1. The van der Waals surface area contributed by atoms with Crippen molar-refractivity contribution < 1.29 is 14.3 Å². The third kappa shape index (κ3) is 5.75. The molecule has 0 saturated carbocycles. The molecule has 1 atom stereocenters. The summed E-state index contributed by atoms with van der Waals surface area (Å²) in [6.45, 7) is 6.06. The Hall–Kier alpha value is -3.07. The molecule has 9 nitrogen and oxygen atoms in total. The number of methoxy groups -OCH3 is 1. The number of aromatic nitrogens is 2. The predicted molar refractivity (Wildman–Crippen MR) is 120 cm³/mol. The molecule has 1 fully saturated rings. The number of ether oxygens (including phenoxy) is 1. The molecule has 2 N–H and O–H groups in total. The van der Waals surface area contributed by atoms with Gasteiger partial charge < -0.3 is 25.2 Å². The van der Waals surface area contributed by atoms with E-state index in [1.807, 2.05) is 18.7 Å². The molecule has 1 aromatic heterocycles. The van der Waals surface area contributed by atoms with Crippen molar-refractivity contribution in [3.63, 3.8) is 0 Å². The number of benzene rings is 1. The van der Waals surface area contributed by atoms with Gasteiger partial charge in [0, 0.05) is 44.3 Å². The summed E-state index contributed by atoms with van der Waals surface area (Å²) in [4.78, 5) is 37.9. The van der Waals surface area contributed by atoms with Gasteiger partial charge in [-0.2, -0.15) is 0 Å². The lowest BCUT2D eigenvalue weighted by molar-refractivity contribution is -0.118. The largest absolute Gasteiger partial charge is 0.495 e. The van der Waals surface area contributed by atoms with Crippen LogP contribution in [0, 0.1) is 5.92 Å². The standard InChI is InChI=1S/C21H27ClN6O3/c1-14(2)18(19(29)25-15-5-6-17(31-3)16(22)13-15)26-21(30)28-11-9-27(10-12-28)20-23-7-4-8-24-20/h4-8,13-14,18H,9-12H2,1-3H3,(H,25,29)(H,26,30)/t18-/m0/s1. The van der Waals surface area contributed by atoms with Crippen molar-refractivity contribution in [1.82, 2.24) is 20.2 Å². The van der Waals surface area contributed by atoms with Crippen molar-refractivity contribution >= 4 is 35.2 Å². The van der Waals surface area contributed by atoms with Gasteiger partial charge in [-0.05, 0) is 30.2 Å². The van der Waals surface area contributed by atoms with Crippen LogP contribution in [-0.4, -0.2) is 66.1 Å². The minimum absolute atomic E-state index is 0.100. The van der Waals surface area contributed by atoms with Crippen molar-refractivity contribution in [2.45, 2.75) is 19.9 Å². The fraction of sp³-hybridized carbons (Fsp3) is 0.429. The second kappa shape index (κ2) is 10.3. The Morgan fingerprint density at radius 2 is 1.81 bits per heavy atom. The van der Waals surface area contributed by atoms with E-state index in [4.69, 9.17) is 16.3 Å². The Labute approximate surface area is 186 Å². The van der Waals surface area contributed by atoms with Gasteiger partial charge in [-0.3, -0.25) is 4.79 Å². The van der Waals surface area contributed by atoms with Gasteiger partial charge in [-0.25, -0.2) is 14.8 Å². The number of amides is 3. The molecule has 0 spiro atoms. The maximum absolute atomic E-state index is 12.8. The van der Waals surface area contributed by atoms with Crippen LogP contribution in [0.15, 0.2) is 36.7 Å². The summed E-state index contributed by atoms with van der Waals surface area (Å²) < 4.78 is 5.13. The fourth-order valence-corrected chi connectivity index (χ4v) is 3.55. The van der Waals surface area contributed by atoms with Gasteiger partial charge in [-0.15, -0.1) is 0 Å². The maximum Gasteiger partial charge on any atom is 0.318 e. The van der Waals surface area contributed by atoms with Crippen LogP contribution in [0.5, 0.6) is 5.75 Å². The summed E-state index contributed by atoms with van der Waals surface area (Å²) >= 11 is 6.13. The van der Waals surface area contributed by atoms with Gasteiger partial charge in [0.1, 0.15) is 11.8 Å². The maximum atomic E-state index is 12.8. The molecular weight excluding hydrogens is 420 g/mol. The molecule has 3 amide bonds. The van der Waals surface area contributed by atoms with Gasteiger partial charge in [0.15, 0.2) is 0 Å². The van der Waals surface area contributed by atoms with E-state index in [-0.39, 0.29) is 17.9 Å². The van der Waals surface area contributed by atoms with Crippen LogP contribution in [0.25, 0.3) is 0 Å². The summed E-state index contributed by atoms with van der Waals surface area (Å²) in [6.07, 6.45) is 3.40. The van der Waals surface area contributed by atoms with Crippen LogP contribution in [0.1, 0.15) is 13.8 Å². The van der Waals surface area contributed by atoms with E-state index in [0.717, 1.165) is 0 Å². The Kier molecular flexibility index (Phi) is 7.51. The molecule has 0 aliphatic carbocycles. The highest BCUT2D eigenvalue weighted by Crippen LogP contribution is 2.27. The van der Waals surface area contributed by atoms with Gasteiger partial charge in [-0.1, -0.05) is 25.4 Å². The van der Waals surface area contributed by atoms with Gasteiger partial charge in [0.2, 0.25) is 11.9 Å². The molecule has 1 saturated heterocycles. The molecule has 31 heavy (non-hydrogen) atoms. The Morgan fingerprint density at radius 1 is 1.13 bits per heavy atom. The summed E-state index contributed by atoms with van der Waals surface area (Å²) in [6, 6.07) is 5.80. The van der Waals surface area contributed by atoms with Crippen LogP contribution in [-0.2, 0) is 4.79 Å². The van der Waals surface area contributed by atoms with Crippen LogP contribution in [0.4, 0.5) is 16.4 Å². The van der Waals surface area contributed by atoms with E-state index in [9.17, 15) is 9.59 Å². The monoisotopic (exact) mass is 446 g/mol. The number of nitrogens with zero attached hydrogens (tertiary/aromatic N) is 4. The van der Waals surface area contributed by atoms with Crippen molar-refractivity contribution in [3.05, 3.63) is 41.7 Å². The highest BCUT2D eigenvalue weighted by atomic mass is 35.5. The lowest BCUT2D eigenvalue weighted by Gasteiger charge is -2.35. The molecule has 2 heterocycles. The van der Waals surface area contributed by atoms with Crippen LogP contribution < -0.4 is 20.3 Å².